The van der Waals surface area contributed by atoms with Crippen molar-refractivity contribution in [1.82, 2.24) is 35.1 Å². The van der Waals surface area contributed by atoms with Crippen LogP contribution in [0.5, 0.6) is 5.75 Å². The quantitative estimate of drug-likeness (QED) is 0.0791. The molecule has 1 aliphatic carbocycles. The van der Waals surface area contributed by atoms with Gasteiger partial charge in [0.05, 0.1) is 35.2 Å². The number of halogens is 1. The van der Waals surface area contributed by atoms with Crippen molar-refractivity contribution in [2.45, 2.75) is 76.7 Å². The normalized spacial score (nSPS) is 21.3. The summed E-state index contributed by atoms with van der Waals surface area (Å²) in [6, 6.07) is 14.0. The molecule has 4 aliphatic rings. The highest BCUT2D eigenvalue weighted by molar-refractivity contribution is 7.71. The van der Waals surface area contributed by atoms with Crippen LogP contribution in [0.15, 0.2) is 61.1 Å². The molecule has 2 aromatic heterocycles. The first-order chi connectivity index (χ1) is 31.3. The molecular formula is C49H60FN10O4P. The average molecular weight is 903 g/mol. The number of anilines is 5. The van der Waals surface area contributed by atoms with E-state index in [-0.39, 0.29) is 18.1 Å². The topological polar surface area (TPSA) is 158 Å². The molecule has 1 saturated carbocycles. The summed E-state index contributed by atoms with van der Waals surface area (Å²) in [6.45, 7) is 15.0. The van der Waals surface area contributed by atoms with Gasteiger partial charge in [0.1, 0.15) is 30.0 Å². The van der Waals surface area contributed by atoms with Crippen molar-refractivity contribution in [2.75, 3.05) is 81.8 Å². The van der Waals surface area contributed by atoms with Gasteiger partial charge in [-0.3, -0.25) is 29.8 Å². The molecule has 65 heavy (non-hydrogen) atoms. The predicted molar refractivity (Wildman–Crippen MR) is 255 cm³/mol. The van der Waals surface area contributed by atoms with Gasteiger partial charge in [0.15, 0.2) is 0 Å². The lowest BCUT2D eigenvalue weighted by Crippen LogP contribution is -2.54. The first-order valence-electron chi connectivity index (χ1n) is 23.1. The fraction of sp³-hybridized carbons (Fsp3) is 0.469. The third-order valence-corrected chi connectivity index (χ3v) is 15.5. The lowest BCUT2D eigenvalue weighted by Gasteiger charge is -2.45. The maximum atomic E-state index is 15.2. The van der Waals surface area contributed by atoms with Crippen molar-refractivity contribution in [3.8, 4) is 5.75 Å². The summed E-state index contributed by atoms with van der Waals surface area (Å²) in [5.74, 6) is 1.06. The summed E-state index contributed by atoms with van der Waals surface area (Å²) >= 11 is 0. The van der Waals surface area contributed by atoms with Gasteiger partial charge >= 0.3 is 0 Å². The maximum Gasteiger partial charge on any atom is 0.234 e. The summed E-state index contributed by atoms with van der Waals surface area (Å²) in [7, 11) is -1.06. The van der Waals surface area contributed by atoms with E-state index in [2.05, 4.69) is 64.7 Å². The second-order valence-electron chi connectivity index (χ2n) is 18.6. The number of methoxy groups -OCH3 is 1. The van der Waals surface area contributed by atoms with Crippen LogP contribution in [0.25, 0.3) is 11.0 Å². The van der Waals surface area contributed by atoms with Gasteiger partial charge in [-0.15, -0.1) is 0 Å². The molecule has 342 valence electrons. The van der Waals surface area contributed by atoms with Gasteiger partial charge in [0.2, 0.25) is 17.8 Å². The van der Waals surface area contributed by atoms with E-state index in [1.165, 1.54) is 11.3 Å². The van der Waals surface area contributed by atoms with Crippen molar-refractivity contribution < 1.29 is 23.3 Å². The molecule has 3 N–H and O–H groups in total. The van der Waals surface area contributed by atoms with Crippen LogP contribution in [0, 0.1) is 18.7 Å². The highest BCUT2D eigenvalue weighted by Crippen LogP contribution is 2.44. The number of hydrogen-bond donors (Lipinski definition) is 3. The van der Waals surface area contributed by atoms with E-state index >= 15 is 4.39 Å². The van der Waals surface area contributed by atoms with Crippen molar-refractivity contribution in [1.29, 1.82) is 0 Å². The number of nitrogens with one attached hydrogen (secondary N) is 3. The molecule has 14 nitrogen and oxygen atoms in total. The van der Waals surface area contributed by atoms with Crippen LogP contribution in [0.1, 0.15) is 79.5 Å². The van der Waals surface area contributed by atoms with Gasteiger partial charge in [-0.25, -0.2) is 9.37 Å². The number of aromatic nitrogens is 4. The minimum Gasteiger partial charge on any atom is -0.494 e. The Hall–Kier alpha value is -5.50. The Bertz CT molecular complexity index is 2640. The summed E-state index contributed by atoms with van der Waals surface area (Å²) in [4.78, 5) is 50.1. The largest absolute Gasteiger partial charge is 0.494 e. The predicted octanol–water partition coefficient (Wildman–Crippen LogP) is 7.47. The van der Waals surface area contributed by atoms with Crippen LogP contribution in [0.2, 0.25) is 0 Å². The number of benzene rings is 3. The van der Waals surface area contributed by atoms with Gasteiger partial charge in [0, 0.05) is 99.7 Å². The van der Waals surface area contributed by atoms with Crippen molar-refractivity contribution in [2.24, 2.45) is 5.92 Å². The van der Waals surface area contributed by atoms with E-state index in [4.69, 9.17) is 9.72 Å². The number of rotatable bonds is 13. The fourth-order valence-electron chi connectivity index (χ4n) is 10.4. The first-order valence-corrected chi connectivity index (χ1v) is 25.7. The molecule has 5 heterocycles. The number of hydrogen-bond acceptors (Lipinski definition) is 13. The van der Waals surface area contributed by atoms with Crippen LogP contribution in [0.4, 0.5) is 33.2 Å². The number of carbonyl (C=O) groups excluding carboxylic acids is 2. The fourth-order valence-corrected chi connectivity index (χ4v) is 11.8. The van der Waals surface area contributed by atoms with E-state index in [9.17, 15) is 14.2 Å². The van der Waals surface area contributed by atoms with E-state index in [0.717, 1.165) is 100 Å². The van der Waals surface area contributed by atoms with E-state index in [1.54, 1.807) is 51.2 Å². The molecule has 5 aromatic rings. The number of aryl methyl sites for hydroxylation is 2. The Morgan fingerprint density at radius 1 is 0.908 bits per heavy atom. The lowest BCUT2D eigenvalue weighted by atomic mass is 9.71. The van der Waals surface area contributed by atoms with Gasteiger partial charge < -0.3 is 29.7 Å². The number of carbonyl (C=O) groups is 2. The summed E-state index contributed by atoms with van der Waals surface area (Å²) < 4.78 is 34.7. The summed E-state index contributed by atoms with van der Waals surface area (Å²) in [6.07, 6.45) is 10.8. The molecule has 0 spiro atoms. The van der Waals surface area contributed by atoms with E-state index in [1.807, 2.05) is 25.1 Å². The maximum absolute atomic E-state index is 15.2. The summed E-state index contributed by atoms with van der Waals surface area (Å²) in [5, 5.41) is 9.84. The van der Waals surface area contributed by atoms with Crippen LogP contribution in [-0.4, -0.2) is 114 Å². The Labute approximate surface area is 380 Å². The van der Waals surface area contributed by atoms with E-state index < -0.39 is 19.0 Å². The van der Waals surface area contributed by atoms with Crippen LogP contribution in [0.3, 0.4) is 0 Å². The molecule has 2 amide bonds. The Kier molecular flexibility index (Phi) is 12.9. The molecule has 3 aromatic carbocycles. The Morgan fingerprint density at radius 2 is 1.68 bits per heavy atom. The molecule has 16 heteroatoms. The molecular weight excluding hydrogens is 843 g/mol. The molecule has 0 bridgehead atoms. The van der Waals surface area contributed by atoms with Crippen molar-refractivity contribution in [3.05, 3.63) is 89.1 Å². The second kappa shape index (κ2) is 18.8. The molecule has 3 saturated heterocycles. The number of fused-ring (bicyclic) bond motifs is 1. The highest BCUT2D eigenvalue weighted by atomic mass is 31.2. The molecule has 0 radical (unpaired) electrons. The molecule has 4 fully saturated rings. The van der Waals surface area contributed by atoms with Crippen molar-refractivity contribution >= 4 is 64.1 Å². The van der Waals surface area contributed by atoms with Crippen LogP contribution in [-0.2, 0) is 20.6 Å². The Morgan fingerprint density at radius 3 is 2.38 bits per heavy atom. The minimum atomic E-state index is -2.76. The van der Waals surface area contributed by atoms with Gasteiger partial charge in [-0.1, -0.05) is 19.1 Å². The molecule has 1 atom stereocenters. The number of piperazine rings is 1. The monoisotopic (exact) mass is 902 g/mol. The number of nitrogens with zero attached hydrogens (tertiary/aromatic N) is 7. The lowest BCUT2D eigenvalue weighted by molar-refractivity contribution is -0.134. The van der Waals surface area contributed by atoms with Gasteiger partial charge in [0.25, 0.3) is 0 Å². The van der Waals surface area contributed by atoms with Crippen LogP contribution >= 0.6 is 7.14 Å². The van der Waals surface area contributed by atoms with Crippen molar-refractivity contribution in [3.63, 3.8) is 0 Å². The summed E-state index contributed by atoms with van der Waals surface area (Å²) in [5.41, 5.74) is 7.43. The number of amides is 2. The zero-order valence-electron chi connectivity index (χ0n) is 38.1. The average Bonchev–Trinajstić information content (AvgIpc) is 3.28. The zero-order chi connectivity index (χ0) is 45.4. The van der Waals surface area contributed by atoms with Gasteiger partial charge in [-0.05, 0) is 106 Å². The third-order valence-electron chi connectivity index (χ3n) is 14.0. The standard InChI is InChI=1S/C49H60FN10O4P/c1-6-32-26-41(55-49-53-28-30(2)47(57-49)54-40-11-10-39-45(52-16-15-51-39)46(40)65(4,5)63)43(64-3)27-42(32)60-17-13-35(14-18-60)59-21-19-58(20-22-59)29-31-23-34(24-31)33-7-8-36(38(50)25-33)37-9-12-44(61)56-48(37)62/h7-8,10-11,15-16,25-28,31,34-35,37H,6,9,12-14,17-24,29H2,1-5H3,(H,56,61,62)(H2,53,54,55,57). The number of ether oxygens (including phenoxy) is 1. The smallest absolute Gasteiger partial charge is 0.234 e. The first kappa shape index (κ1) is 44.7. The number of imide groups is 1. The molecule has 9 rings (SSSR count). The third kappa shape index (κ3) is 9.60. The SMILES string of the molecule is CCc1cc(Nc2ncc(C)c(Nc3ccc4nccnc4c3P(C)(C)=O)n2)c(OC)cc1N1CCC(N2CCN(CC3CC(c4ccc(C5CCC(=O)NC5=O)c(F)c4)C3)CC2)CC1. The minimum absolute atomic E-state index is 0.243. The highest BCUT2D eigenvalue weighted by Gasteiger charge is 2.36. The Balaban J connectivity index is 0.773. The van der Waals surface area contributed by atoms with E-state index in [0.29, 0.717) is 63.7 Å². The zero-order valence-corrected chi connectivity index (χ0v) is 39.0. The molecule has 1 unspecified atom stereocenters. The van der Waals surface area contributed by atoms with Gasteiger partial charge in [-0.2, -0.15) is 4.98 Å². The second-order valence-corrected chi connectivity index (χ2v) is 21.8. The van der Waals surface area contributed by atoms with Crippen LogP contribution < -0.4 is 30.9 Å². The molecule has 3 aliphatic heterocycles. The number of piperidine rings is 2.